The van der Waals surface area contributed by atoms with Crippen molar-refractivity contribution in [2.75, 3.05) is 19.7 Å². The highest BCUT2D eigenvalue weighted by molar-refractivity contribution is 7.09. The number of nitrogens with one attached hydrogen (secondary N) is 1. The second-order valence-electron chi connectivity index (χ2n) is 6.32. The van der Waals surface area contributed by atoms with Crippen molar-refractivity contribution in [2.45, 2.75) is 31.0 Å². The summed E-state index contributed by atoms with van der Waals surface area (Å²) in [5.41, 5.74) is 1.04. The summed E-state index contributed by atoms with van der Waals surface area (Å²) in [6.45, 7) is 2.05. The Morgan fingerprint density at radius 1 is 1.33 bits per heavy atom. The summed E-state index contributed by atoms with van der Waals surface area (Å²) in [5, 5.41) is 6.11. The smallest absolute Gasteiger partial charge is 0.242 e. The van der Waals surface area contributed by atoms with Crippen molar-refractivity contribution in [3.8, 4) is 0 Å². The van der Waals surface area contributed by atoms with Crippen molar-refractivity contribution >= 4 is 17.2 Å². The largest absolute Gasteiger partial charge is 0.368 e. The van der Waals surface area contributed by atoms with E-state index in [4.69, 9.17) is 4.74 Å². The second kappa shape index (κ2) is 7.01. The number of ether oxygens (including phenoxy) is 1. The van der Waals surface area contributed by atoms with Gasteiger partial charge < -0.3 is 10.1 Å². The number of carbonyl (C=O) groups excluding carboxylic acids is 1. The van der Waals surface area contributed by atoms with E-state index in [1.165, 1.54) is 0 Å². The van der Waals surface area contributed by atoms with Gasteiger partial charge in [-0.1, -0.05) is 30.3 Å². The molecule has 0 spiro atoms. The lowest BCUT2D eigenvalue weighted by atomic mass is 10.0. The molecule has 0 radical (unpaired) electrons. The van der Waals surface area contributed by atoms with Gasteiger partial charge in [-0.05, 0) is 18.4 Å². The maximum Gasteiger partial charge on any atom is 0.242 e. The van der Waals surface area contributed by atoms with Crippen LogP contribution in [0, 0.1) is 0 Å². The minimum absolute atomic E-state index is 0.0568. The number of aromatic nitrogens is 1. The fourth-order valence-electron chi connectivity index (χ4n) is 3.12. The zero-order chi connectivity index (χ0) is 16.4. The van der Waals surface area contributed by atoms with Crippen LogP contribution in [0.4, 0.5) is 0 Å². The average Bonchev–Trinajstić information content (AvgIpc) is 3.25. The third-order valence-corrected chi connectivity index (χ3v) is 5.34. The summed E-state index contributed by atoms with van der Waals surface area (Å²) < 4.78 is 5.89. The third-order valence-electron chi connectivity index (χ3n) is 4.48. The summed E-state index contributed by atoms with van der Waals surface area (Å²) in [6, 6.07) is 10.1. The highest BCUT2D eigenvalue weighted by Gasteiger charge is 2.35. The van der Waals surface area contributed by atoms with Crippen molar-refractivity contribution in [3.05, 3.63) is 52.5 Å². The van der Waals surface area contributed by atoms with Crippen LogP contribution in [0.2, 0.25) is 0 Å². The molecule has 2 fully saturated rings. The minimum atomic E-state index is -0.266. The molecule has 2 aliphatic rings. The number of morpholine rings is 1. The second-order valence-corrected chi connectivity index (χ2v) is 7.25. The number of hydrogen-bond acceptors (Lipinski definition) is 5. The molecule has 0 unspecified atom stereocenters. The maximum absolute atomic E-state index is 12.9. The van der Waals surface area contributed by atoms with Crippen molar-refractivity contribution < 1.29 is 9.53 Å². The van der Waals surface area contributed by atoms with Crippen LogP contribution in [0.3, 0.4) is 0 Å². The number of amides is 1. The Hall–Kier alpha value is -1.76. The summed E-state index contributed by atoms with van der Waals surface area (Å²) in [6.07, 6.45) is 3.94. The van der Waals surface area contributed by atoms with Crippen LogP contribution in [0.1, 0.15) is 35.6 Å². The highest BCUT2D eigenvalue weighted by Crippen LogP contribution is 2.31. The van der Waals surface area contributed by atoms with Crippen LogP contribution >= 0.6 is 11.3 Å². The topological polar surface area (TPSA) is 54.5 Å². The molecule has 1 amide bonds. The Labute approximate surface area is 145 Å². The predicted molar refractivity (Wildman–Crippen MR) is 92.7 cm³/mol. The maximum atomic E-state index is 12.9. The predicted octanol–water partition coefficient (Wildman–Crippen LogP) is 2.54. The molecule has 1 N–H and O–H groups in total. The Morgan fingerprint density at radius 3 is 2.88 bits per heavy atom. The normalized spacial score (nSPS) is 22.9. The number of nitrogens with zero attached hydrogens (tertiary/aromatic N) is 2. The molecule has 2 heterocycles. The molecule has 1 aliphatic heterocycles. The number of carbonyl (C=O) groups is 1. The Morgan fingerprint density at radius 2 is 2.17 bits per heavy atom. The molecule has 1 saturated heterocycles. The van der Waals surface area contributed by atoms with Gasteiger partial charge in [0.1, 0.15) is 17.2 Å². The van der Waals surface area contributed by atoms with Crippen molar-refractivity contribution in [3.63, 3.8) is 0 Å². The lowest BCUT2D eigenvalue weighted by Crippen LogP contribution is -2.47. The van der Waals surface area contributed by atoms with Gasteiger partial charge in [-0.25, -0.2) is 4.98 Å². The van der Waals surface area contributed by atoms with Gasteiger partial charge in [0, 0.05) is 30.7 Å². The Bertz CT molecular complexity index is 673. The van der Waals surface area contributed by atoms with Gasteiger partial charge in [0.2, 0.25) is 5.91 Å². The first-order chi connectivity index (χ1) is 11.8. The van der Waals surface area contributed by atoms with E-state index in [0.29, 0.717) is 19.2 Å². The van der Waals surface area contributed by atoms with Crippen molar-refractivity contribution in [2.24, 2.45) is 0 Å². The van der Waals surface area contributed by atoms with E-state index in [9.17, 15) is 4.79 Å². The van der Waals surface area contributed by atoms with E-state index in [0.717, 1.165) is 30.0 Å². The molecule has 1 aliphatic carbocycles. The molecule has 1 aromatic carbocycles. The molecule has 1 aromatic heterocycles. The zero-order valence-corrected chi connectivity index (χ0v) is 14.2. The van der Waals surface area contributed by atoms with E-state index < -0.39 is 0 Å². The first kappa shape index (κ1) is 15.7. The van der Waals surface area contributed by atoms with Gasteiger partial charge >= 0.3 is 0 Å². The van der Waals surface area contributed by atoms with Crippen LogP contribution in [0.25, 0.3) is 0 Å². The Kier molecular flexibility index (Phi) is 4.60. The minimum Gasteiger partial charge on any atom is -0.368 e. The first-order valence-corrected chi connectivity index (χ1v) is 9.29. The average molecular weight is 343 g/mol. The molecule has 24 heavy (non-hydrogen) atoms. The zero-order valence-electron chi connectivity index (χ0n) is 13.4. The highest BCUT2D eigenvalue weighted by atomic mass is 32.1. The van der Waals surface area contributed by atoms with Crippen molar-refractivity contribution in [1.29, 1.82) is 0 Å². The number of thiazole rings is 1. The summed E-state index contributed by atoms with van der Waals surface area (Å²) in [4.78, 5) is 19.5. The summed E-state index contributed by atoms with van der Waals surface area (Å²) in [7, 11) is 0. The fraction of sp³-hybridized carbons (Fsp3) is 0.444. The van der Waals surface area contributed by atoms with Crippen LogP contribution in [0.15, 0.2) is 41.9 Å². The summed E-state index contributed by atoms with van der Waals surface area (Å²) in [5.74, 6) is 0.100. The van der Waals surface area contributed by atoms with Crippen LogP contribution < -0.4 is 5.32 Å². The fourth-order valence-corrected chi connectivity index (χ4v) is 3.79. The van der Waals surface area contributed by atoms with E-state index in [1.54, 1.807) is 17.5 Å². The molecule has 1 saturated carbocycles. The lowest BCUT2D eigenvalue weighted by Gasteiger charge is -2.37. The molecule has 126 valence electrons. The van der Waals surface area contributed by atoms with Crippen LogP contribution in [-0.4, -0.2) is 41.5 Å². The Balaban J connectivity index is 1.56. The number of rotatable bonds is 5. The third kappa shape index (κ3) is 3.50. The van der Waals surface area contributed by atoms with E-state index in [2.05, 4.69) is 15.2 Å². The number of benzene rings is 1. The van der Waals surface area contributed by atoms with E-state index in [1.807, 2.05) is 35.7 Å². The molecule has 2 aromatic rings. The van der Waals surface area contributed by atoms with Gasteiger partial charge in [0.15, 0.2) is 0 Å². The SMILES string of the molecule is O=C(NC1CC1)[C@H](c1ccccc1)N1CCO[C@H](c2nccs2)C1. The molecule has 5 nitrogen and oxygen atoms in total. The van der Waals surface area contributed by atoms with Gasteiger partial charge in [-0.2, -0.15) is 0 Å². The molecule has 0 bridgehead atoms. The molecule has 6 heteroatoms. The number of hydrogen-bond donors (Lipinski definition) is 1. The van der Waals surface area contributed by atoms with Gasteiger partial charge in [-0.3, -0.25) is 9.69 Å². The lowest BCUT2D eigenvalue weighted by molar-refractivity contribution is -0.130. The van der Waals surface area contributed by atoms with Crippen molar-refractivity contribution in [1.82, 2.24) is 15.2 Å². The molecular weight excluding hydrogens is 322 g/mol. The quantitative estimate of drug-likeness (QED) is 0.906. The van der Waals surface area contributed by atoms with Gasteiger partial charge in [-0.15, -0.1) is 11.3 Å². The van der Waals surface area contributed by atoms with Crippen LogP contribution in [0.5, 0.6) is 0 Å². The standard InChI is InChI=1S/C18H21N3O2S/c22-17(20-14-6-7-14)16(13-4-2-1-3-5-13)21-9-10-23-15(12-21)18-19-8-11-24-18/h1-5,8,11,14-16H,6-7,9-10,12H2,(H,20,22)/t15-,16-/m0/s1. The molecular formula is C18H21N3O2S. The van der Waals surface area contributed by atoms with Gasteiger partial charge in [0.25, 0.3) is 0 Å². The van der Waals surface area contributed by atoms with Gasteiger partial charge in [0.05, 0.1) is 6.61 Å². The monoisotopic (exact) mass is 343 g/mol. The van der Waals surface area contributed by atoms with E-state index in [-0.39, 0.29) is 18.1 Å². The molecule has 2 atom stereocenters. The first-order valence-electron chi connectivity index (χ1n) is 8.41. The van der Waals surface area contributed by atoms with Crippen LogP contribution in [-0.2, 0) is 9.53 Å². The summed E-state index contributed by atoms with van der Waals surface area (Å²) >= 11 is 1.60. The molecule has 4 rings (SSSR count). The van der Waals surface area contributed by atoms with E-state index >= 15 is 0 Å².